The molecule has 2 amide bonds. The zero-order valence-electron chi connectivity index (χ0n) is 16.0. The van der Waals surface area contributed by atoms with E-state index < -0.39 is 0 Å². The number of benzene rings is 2. The summed E-state index contributed by atoms with van der Waals surface area (Å²) in [6, 6.07) is 15.0. The Balaban J connectivity index is 1.94. The number of hydrogen-bond acceptors (Lipinski definition) is 3. The number of halogens is 1. The van der Waals surface area contributed by atoms with Gasteiger partial charge >= 0.3 is 0 Å². The number of amides is 2. The highest BCUT2D eigenvalue weighted by Gasteiger charge is 2.12. The Morgan fingerprint density at radius 1 is 1.11 bits per heavy atom. The zero-order chi connectivity index (χ0) is 19.8. The summed E-state index contributed by atoms with van der Waals surface area (Å²) in [7, 11) is 0. The smallest absolute Gasteiger partial charge is 0.239 e. The highest BCUT2D eigenvalue weighted by atomic mass is 35.5. The lowest BCUT2D eigenvalue weighted by atomic mass is 10.1. The molecule has 0 saturated heterocycles. The van der Waals surface area contributed by atoms with Gasteiger partial charge in [0.05, 0.1) is 12.6 Å². The van der Waals surface area contributed by atoms with Crippen LogP contribution < -0.4 is 10.6 Å². The second-order valence-electron chi connectivity index (χ2n) is 6.38. The molecule has 0 bridgehead atoms. The van der Waals surface area contributed by atoms with Crippen molar-refractivity contribution in [3.8, 4) is 0 Å². The summed E-state index contributed by atoms with van der Waals surface area (Å²) in [6.07, 6.45) is 0. The van der Waals surface area contributed by atoms with Crippen LogP contribution >= 0.6 is 11.6 Å². The second kappa shape index (κ2) is 9.97. The summed E-state index contributed by atoms with van der Waals surface area (Å²) in [5.41, 5.74) is 2.83. The normalized spacial score (nSPS) is 11.6. The van der Waals surface area contributed by atoms with Gasteiger partial charge in [0, 0.05) is 30.7 Å². The Hall–Kier alpha value is -2.53. The summed E-state index contributed by atoms with van der Waals surface area (Å²) in [5, 5.41) is 6.81. The third-order valence-electron chi connectivity index (χ3n) is 4.39. The van der Waals surface area contributed by atoms with E-state index in [9.17, 15) is 9.59 Å². The number of nitrogens with one attached hydrogen (secondary N) is 2. The monoisotopic (exact) mass is 387 g/mol. The van der Waals surface area contributed by atoms with Gasteiger partial charge in [-0.15, -0.1) is 0 Å². The van der Waals surface area contributed by atoms with E-state index in [-0.39, 0.29) is 24.4 Å². The molecular weight excluding hydrogens is 362 g/mol. The minimum absolute atomic E-state index is 0.0295. The first-order valence-corrected chi connectivity index (χ1v) is 9.40. The van der Waals surface area contributed by atoms with E-state index in [1.54, 1.807) is 11.8 Å². The van der Waals surface area contributed by atoms with Gasteiger partial charge in [0.15, 0.2) is 0 Å². The maximum absolute atomic E-state index is 12.3. The molecule has 0 fully saturated rings. The van der Waals surface area contributed by atoms with E-state index in [0.29, 0.717) is 18.1 Å². The van der Waals surface area contributed by atoms with E-state index in [1.165, 1.54) is 0 Å². The Labute approximate surface area is 165 Å². The van der Waals surface area contributed by atoms with Crippen LogP contribution in [0.5, 0.6) is 0 Å². The molecule has 2 rings (SSSR count). The second-order valence-corrected chi connectivity index (χ2v) is 6.82. The highest BCUT2D eigenvalue weighted by molar-refractivity contribution is 6.30. The highest BCUT2D eigenvalue weighted by Crippen LogP contribution is 2.18. The van der Waals surface area contributed by atoms with Crippen molar-refractivity contribution in [3.63, 3.8) is 0 Å². The van der Waals surface area contributed by atoms with Gasteiger partial charge in [-0.2, -0.15) is 0 Å². The number of anilines is 1. The van der Waals surface area contributed by atoms with Crippen LogP contribution in [0.3, 0.4) is 0 Å². The first-order chi connectivity index (χ1) is 12.9. The molecule has 144 valence electrons. The molecule has 1 atom stereocenters. The standard InChI is InChI=1S/C21H26ClN3O2/c1-4-25(16(3)26)14-18-7-5-6-8-20(18)23-13-21(27)24-15(2)17-9-11-19(22)12-10-17/h5-12,15,23H,4,13-14H2,1-3H3,(H,24,27). The molecule has 5 nitrogen and oxygen atoms in total. The lowest BCUT2D eigenvalue weighted by molar-refractivity contribution is -0.129. The van der Waals surface area contributed by atoms with E-state index in [4.69, 9.17) is 11.6 Å². The van der Waals surface area contributed by atoms with Crippen LogP contribution in [-0.4, -0.2) is 29.8 Å². The maximum atomic E-state index is 12.3. The molecule has 0 aromatic heterocycles. The van der Waals surface area contributed by atoms with Gasteiger partial charge in [-0.05, 0) is 43.2 Å². The fourth-order valence-electron chi connectivity index (χ4n) is 2.78. The first kappa shape index (κ1) is 20.8. The summed E-state index contributed by atoms with van der Waals surface area (Å²) in [6.45, 7) is 6.75. The molecule has 1 unspecified atom stereocenters. The SMILES string of the molecule is CCN(Cc1ccccc1NCC(=O)NC(C)c1ccc(Cl)cc1)C(C)=O. The van der Waals surface area contributed by atoms with Crippen LogP contribution in [0.2, 0.25) is 5.02 Å². The van der Waals surface area contributed by atoms with Crippen LogP contribution in [0.15, 0.2) is 48.5 Å². The van der Waals surface area contributed by atoms with Crippen molar-refractivity contribution in [3.05, 3.63) is 64.7 Å². The Morgan fingerprint density at radius 2 is 1.78 bits per heavy atom. The summed E-state index contributed by atoms with van der Waals surface area (Å²) < 4.78 is 0. The molecule has 0 radical (unpaired) electrons. The van der Waals surface area contributed by atoms with Crippen molar-refractivity contribution in [1.29, 1.82) is 0 Å². The molecule has 2 aromatic rings. The molecule has 2 aromatic carbocycles. The number of hydrogen-bond donors (Lipinski definition) is 2. The van der Waals surface area contributed by atoms with Crippen molar-refractivity contribution in [1.82, 2.24) is 10.2 Å². The predicted octanol–water partition coefficient (Wildman–Crippen LogP) is 4.00. The van der Waals surface area contributed by atoms with Gasteiger partial charge in [-0.1, -0.05) is 41.9 Å². The third-order valence-corrected chi connectivity index (χ3v) is 4.64. The van der Waals surface area contributed by atoms with Gasteiger partial charge in [0.1, 0.15) is 0 Å². The van der Waals surface area contributed by atoms with Gasteiger partial charge in [0.2, 0.25) is 11.8 Å². The molecule has 27 heavy (non-hydrogen) atoms. The fraction of sp³-hybridized carbons (Fsp3) is 0.333. The number of rotatable bonds is 8. The van der Waals surface area contributed by atoms with Crippen LogP contribution in [0.1, 0.15) is 37.9 Å². The summed E-state index contributed by atoms with van der Waals surface area (Å²) >= 11 is 5.90. The van der Waals surface area contributed by atoms with Gasteiger partial charge in [-0.25, -0.2) is 0 Å². The van der Waals surface area contributed by atoms with Crippen LogP contribution in [0, 0.1) is 0 Å². The van der Waals surface area contributed by atoms with E-state index in [0.717, 1.165) is 16.8 Å². The van der Waals surface area contributed by atoms with Crippen LogP contribution in [0.25, 0.3) is 0 Å². The lowest BCUT2D eigenvalue weighted by Gasteiger charge is -2.21. The van der Waals surface area contributed by atoms with Gasteiger partial charge < -0.3 is 15.5 Å². The minimum Gasteiger partial charge on any atom is -0.376 e. The van der Waals surface area contributed by atoms with Crippen LogP contribution in [0.4, 0.5) is 5.69 Å². The first-order valence-electron chi connectivity index (χ1n) is 9.02. The van der Waals surface area contributed by atoms with Crippen molar-refractivity contribution in [2.75, 3.05) is 18.4 Å². The quantitative estimate of drug-likeness (QED) is 0.719. The van der Waals surface area contributed by atoms with Crippen LogP contribution in [-0.2, 0) is 16.1 Å². The number of nitrogens with zero attached hydrogens (tertiary/aromatic N) is 1. The summed E-state index contributed by atoms with van der Waals surface area (Å²) in [5.74, 6) is -0.0759. The number of carbonyl (C=O) groups is 2. The lowest BCUT2D eigenvalue weighted by Crippen LogP contribution is -2.32. The van der Waals surface area contributed by atoms with Crippen molar-refractivity contribution in [2.45, 2.75) is 33.4 Å². The van der Waals surface area contributed by atoms with Gasteiger partial charge in [0.25, 0.3) is 0 Å². The average Bonchev–Trinajstić information content (AvgIpc) is 2.65. The van der Waals surface area contributed by atoms with E-state index in [2.05, 4.69) is 10.6 Å². The minimum atomic E-state index is -0.111. The Morgan fingerprint density at radius 3 is 2.41 bits per heavy atom. The molecule has 0 aliphatic rings. The predicted molar refractivity (Wildman–Crippen MR) is 110 cm³/mol. The molecule has 0 saturated carbocycles. The Kier molecular flexibility index (Phi) is 7.67. The largest absolute Gasteiger partial charge is 0.376 e. The van der Waals surface area contributed by atoms with Crippen molar-refractivity contribution in [2.24, 2.45) is 0 Å². The fourth-order valence-corrected chi connectivity index (χ4v) is 2.91. The molecular formula is C21H26ClN3O2. The average molecular weight is 388 g/mol. The maximum Gasteiger partial charge on any atom is 0.239 e. The number of para-hydroxylation sites is 1. The zero-order valence-corrected chi connectivity index (χ0v) is 16.7. The number of carbonyl (C=O) groups excluding carboxylic acids is 2. The summed E-state index contributed by atoms with van der Waals surface area (Å²) in [4.78, 5) is 25.7. The van der Waals surface area contributed by atoms with Crippen molar-refractivity contribution < 1.29 is 9.59 Å². The van der Waals surface area contributed by atoms with E-state index in [1.807, 2.05) is 62.4 Å². The van der Waals surface area contributed by atoms with Crippen molar-refractivity contribution >= 4 is 29.1 Å². The molecule has 2 N–H and O–H groups in total. The molecule has 0 aliphatic heterocycles. The molecule has 0 heterocycles. The molecule has 0 spiro atoms. The van der Waals surface area contributed by atoms with E-state index >= 15 is 0 Å². The third kappa shape index (κ3) is 6.29. The topological polar surface area (TPSA) is 61.4 Å². The molecule has 6 heteroatoms. The Bertz CT molecular complexity index is 777. The molecule has 0 aliphatic carbocycles. The van der Waals surface area contributed by atoms with Gasteiger partial charge in [-0.3, -0.25) is 9.59 Å².